The number of phenols is 2. The second-order valence-corrected chi connectivity index (χ2v) is 11.8. The van der Waals surface area contributed by atoms with E-state index in [-0.39, 0.29) is 41.3 Å². The Hall–Kier alpha value is -3.80. The second-order valence-electron chi connectivity index (χ2n) is 10.6. The van der Waals surface area contributed by atoms with Crippen molar-refractivity contribution in [2.24, 2.45) is 0 Å². The summed E-state index contributed by atoms with van der Waals surface area (Å²) in [6, 6.07) is 9.53. The number of aromatic amines is 1. The molecule has 40 heavy (non-hydrogen) atoms. The number of unbranched alkanes of at least 4 members (excludes halogenated alkanes) is 1. The van der Waals surface area contributed by atoms with Gasteiger partial charge >= 0.3 is 6.03 Å². The molecular weight excluding hydrogens is 532 g/mol. The highest BCUT2D eigenvalue weighted by atomic mass is 32.2. The molecule has 4 heterocycles. The second kappa shape index (κ2) is 11.0. The smallest absolute Gasteiger partial charge is 0.315 e. The van der Waals surface area contributed by atoms with Crippen LogP contribution < -0.4 is 20.3 Å². The Morgan fingerprint density at radius 2 is 1.95 bits per heavy atom. The molecule has 3 aromatic rings. The first-order valence-corrected chi connectivity index (χ1v) is 14.8. The van der Waals surface area contributed by atoms with Crippen LogP contribution in [0.25, 0.3) is 22.4 Å². The van der Waals surface area contributed by atoms with Gasteiger partial charge in [-0.3, -0.25) is 4.79 Å². The number of carbonyl (C=O) groups excluding carboxylic acids is 2. The third-order valence-electron chi connectivity index (χ3n) is 8.08. The molecule has 0 bridgehead atoms. The van der Waals surface area contributed by atoms with E-state index < -0.39 is 0 Å². The Kier molecular flexibility index (Phi) is 7.26. The van der Waals surface area contributed by atoms with Gasteiger partial charge in [0.2, 0.25) is 11.7 Å². The Bertz CT molecular complexity index is 1420. The summed E-state index contributed by atoms with van der Waals surface area (Å²) < 4.78 is 5.15. The van der Waals surface area contributed by atoms with E-state index in [1.807, 2.05) is 34.9 Å². The number of benzene rings is 2. The molecule has 0 saturated carbocycles. The van der Waals surface area contributed by atoms with Crippen LogP contribution in [0, 0.1) is 0 Å². The van der Waals surface area contributed by atoms with Crippen molar-refractivity contribution in [2.45, 2.75) is 43.0 Å². The number of phenolic OH excluding ortho intramolecular Hbond substituents is 2. The lowest BCUT2D eigenvalue weighted by atomic mass is 10.0. The number of hydrogen-bond acceptors (Lipinski definition) is 8. The van der Waals surface area contributed by atoms with Crippen molar-refractivity contribution in [3.63, 3.8) is 0 Å². The van der Waals surface area contributed by atoms with E-state index >= 15 is 0 Å². The third-order valence-corrected chi connectivity index (χ3v) is 9.59. The third kappa shape index (κ3) is 5.19. The fourth-order valence-electron chi connectivity index (χ4n) is 5.85. The summed E-state index contributed by atoms with van der Waals surface area (Å²) >= 11 is 1.92. The minimum Gasteiger partial charge on any atom is -0.504 e. The van der Waals surface area contributed by atoms with Crippen LogP contribution in [0.15, 0.2) is 30.3 Å². The van der Waals surface area contributed by atoms with Gasteiger partial charge in [-0.25, -0.2) is 9.78 Å². The summed E-state index contributed by atoms with van der Waals surface area (Å²) in [4.78, 5) is 36.6. The maximum absolute atomic E-state index is 12.8. The number of thioether (sulfide) groups is 1. The molecule has 0 unspecified atom stereocenters. The Balaban J connectivity index is 1.00. The highest BCUT2D eigenvalue weighted by molar-refractivity contribution is 8.00. The van der Waals surface area contributed by atoms with E-state index in [9.17, 15) is 19.8 Å². The molecule has 0 aliphatic carbocycles. The van der Waals surface area contributed by atoms with Gasteiger partial charge in [0.05, 0.1) is 30.2 Å². The van der Waals surface area contributed by atoms with Crippen LogP contribution >= 0.6 is 11.8 Å². The van der Waals surface area contributed by atoms with Crippen LogP contribution in [-0.2, 0) is 4.79 Å². The zero-order valence-electron chi connectivity index (χ0n) is 22.4. The van der Waals surface area contributed by atoms with Gasteiger partial charge in [-0.1, -0.05) is 6.42 Å². The molecule has 3 fully saturated rings. The van der Waals surface area contributed by atoms with Gasteiger partial charge in [0.15, 0.2) is 11.5 Å². The number of carbonyl (C=O) groups is 2. The maximum atomic E-state index is 12.8. The van der Waals surface area contributed by atoms with Crippen LogP contribution in [0.4, 0.5) is 10.5 Å². The minimum atomic E-state index is -0.304. The summed E-state index contributed by atoms with van der Waals surface area (Å²) in [5, 5.41) is 26.4. The number of nitrogens with one attached hydrogen (secondary N) is 3. The Labute approximate surface area is 236 Å². The van der Waals surface area contributed by atoms with Crippen LogP contribution in [0.3, 0.4) is 0 Å². The van der Waals surface area contributed by atoms with E-state index in [4.69, 9.17) is 9.72 Å². The molecule has 6 rings (SSSR count). The predicted molar refractivity (Wildman–Crippen MR) is 154 cm³/mol. The summed E-state index contributed by atoms with van der Waals surface area (Å²) in [6.07, 6.45) is 3.45. The Morgan fingerprint density at radius 3 is 2.75 bits per heavy atom. The van der Waals surface area contributed by atoms with Gasteiger partial charge in [-0.15, -0.1) is 0 Å². The molecule has 5 N–H and O–H groups in total. The first kappa shape index (κ1) is 26.4. The van der Waals surface area contributed by atoms with Crippen LogP contribution in [0.1, 0.15) is 25.7 Å². The Morgan fingerprint density at radius 1 is 1.12 bits per heavy atom. The topological polar surface area (TPSA) is 143 Å². The van der Waals surface area contributed by atoms with Crippen molar-refractivity contribution < 1.29 is 24.5 Å². The number of amides is 3. The molecule has 3 atom stereocenters. The van der Waals surface area contributed by atoms with E-state index in [0.717, 1.165) is 54.8 Å². The number of hydrogen-bond donors (Lipinski definition) is 5. The van der Waals surface area contributed by atoms with Crippen molar-refractivity contribution in [3.05, 3.63) is 30.3 Å². The number of anilines is 1. The zero-order valence-corrected chi connectivity index (χ0v) is 23.2. The van der Waals surface area contributed by atoms with Gasteiger partial charge in [0, 0.05) is 54.9 Å². The SMILES string of the molecule is COc1cc(-c2nc3cc(N4CCN(C(=O)CCCC[C@@H]5SC[C@@H]6NC(=O)N[C@@H]65)CC4)ccc3[nH]2)cc(O)c1O. The normalized spacial score (nSPS) is 22.3. The van der Waals surface area contributed by atoms with Crippen molar-refractivity contribution in [3.8, 4) is 28.6 Å². The van der Waals surface area contributed by atoms with Crippen molar-refractivity contribution >= 4 is 40.4 Å². The first-order chi connectivity index (χ1) is 19.4. The van der Waals surface area contributed by atoms with E-state index in [1.165, 1.54) is 13.2 Å². The van der Waals surface area contributed by atoms with Crippen LogP contribution in [-0.4, -0.2) is 93.4 Å². The molecular formula is C28H34N6O5S. The standard InChI is InChI=1S/C28H34N6O5S/c1-39-22-13-16(12-21(35)26(22)37)27-29-18-7-6-17(14-19(18)30-27)33-8-10-34(11-9-33)24(36)5-3-2-4-23-25-20(15-40-23)31-28(38)32-25/h6-7,12-14,20,23,25,35,37H,2-5,8-11,15H2,1H3,(H,29,30)(H2,31,32,38)/t20-,23-,25-/m0/s1. The fourth-order valence-corrected chi connectivity index (χ4v) is 7.39. The van der Waals surface area contributed by atoms with E-state index in [1.54, 1.807) is 6.07 Å². The highest BCUT2D eigenvalue weighted by Gasteiger charge is 2.42. The number of rotatable bonds is 8. The van der Waals surface area contributed by atoms with Crippen molar-refractivity contribution in [1.29, 1.82) is 0 Å². The molecule has 3 aliphatic heterocycles. The molecule has 3 aliphatic rings. The summed E-state index contributed by atoms with van der Waals surface area (Å²) in [5.74, 6) is 1.33. The average Bonchev–Trinajstić information content (AvgIpc) is 3.66. The lowest BCUT2D eigenvalue weighted by molar-refractivity contribution is -0.131. The zero-order chi connectivity index (χ0) is 27.8. The first-order valence-electron chi connectivity index (χ1n) is 13.7. The summed E-state index contributed by atoms with van der Waals surface area (Å²) in [7, 11) is 1.43. The molecule has 212 valence electrons. The van der Waals surface area contributed by atoms with E-state index in [2.05, 4.69) is 20.5 Å². The number of methoxy groups -OCH3 is 1. The maximum Gasteiger partial charge on any atom is 0.315 e. The van der Waals surface area contributed by atoms with Crippen molar-refractivity contribution in [2.75, 3.05) is 43.9 Å². The number of aromatic hydroxyl groups is 2. The van der Waals surface area contributed by atoms with Crippen molar-refractivity contribution in [1.82, 2.24) is 25.5 Å². The monoisotopic (exact) mass is 566 g/mol. The predicted octanol–water partition coefficient (Wildman–Crippen LogP) is 3.02. The number of aromatic nitrogens is 2. The lowest BCUT2D eigenvalue weighted by Crippen LogP contribution is -2.48. The molecule has 3 amide bonds. The number of urea groups is 1. The van der Waals surface area contributed by atoms with Gasteiger partial charge in [0.25, 0.3) is 0 Å². The number of imidazole rings is 1. The van der Waals surface area contributed by atoms with Crippen LogP contribution in [0.2, 0.25) is 0 Å². The average molecular weight is 567 g/mol. The number of H-pyrrole nitrogens is 1. The number of nitrogens with zero attached hydrogens (tertiary/aromatic N) is 3. The van der Waals surface area contributed by atoms with Crippen LogP contribution in [0.5, 0.6) is 17.2 Å². The van der Waals surface area contributed by atoms with Gasteiger partial charge in [-0.2, -0.15) is 11.8 Å². The molecule has 11 nitrogen and oxygen atoms in total. The van der Waals surface area contributed by atoms with Gasteiger partial charge in [-0.05, 0) is 43.2 Å². The molecule has 12 heteroatoms. The number of fused-ring (bicyclic) bond motifs is 2. The lowest BCUT2D eigenvalue weighted by Gasteiger charge is -2.36. The summed E-state index contributed by atoms with van der Waals surface area (Å²) in [5.41, 5.74) is 3.30. The van der Waals surface area contributed by atoms with Gasteiger partial charge in [0.1, 0.15) is 5.82 Å². The molecule has 1 aromatic heterocycles. The number of ether oxygens (including phenoxy) is 1. The molecule has 3 saturated heterocycles. The largest absolute Gasteiger partial charge is 0.504 e. The minimum absolute atomic E-state index is 0.0556. The van der Waals surface area contributed by atoms with E-state index in [0.29, 0.717) is 36.1 Å². The quantitative estimate of drug-likeness (QED) is 0.159. The molecule has 2 aromatic carbocycles. The fraction of sp³-hybridized carbons (Fsp3) is 0.464. The molecule has 0 radical (unpaired) electrons. The number of piperazine rings is 1. The molecule has 0 spiro atoms. The highest BCUT2D eigenvalue weighted by Crippen LogP contribution is 2.39. The van der Waals surface area contributed by atoms with Gasteiger partial charge < -0.3 is 40.4 Å². The summed E-state index contributed by atoms with van der Waals surface area (Å²) in [6.45, 7) is 2.89.